The van der Waals surface area contributed by atoms with Crippen LogP contribution in [0.1, 0.15) is 24.5 Å². The third-order valence-corrected chi connectivity index (χ3v) is 2.21. The highest BCUT2D eigenvalue weighted by Crippen LogP contribution is 2.19. The Kier molecular flexibility index (Phi) is 2.27. The van der Waals surface area contributed by atoms with Crippen molar-refractivity contribution in [3.8, 4) is 0 Å². The quantitative estimate of drug-likeness (QED) is 0.650. The fourth-order valence-corrected chi connectivity index (χ4v) is 1.55. The molecule has 1 aliphatic heterocycles. The molecular formula is C8H12N4. The average Bonchev–Trinajstić information content (AvgIpc) is 2.21. The molecule has 0 amide bonds. The van der Waals surface area contributed by atoms with E-state index in [4.69, 9.17) is 0 Å². The third-order valence-electron chi connectivity index (χ3n) is 2.21. The van der Waals surface area contributed by atoms with E-state index in [1.165, 1.54) is 19.2 Å². The molecule has 1 atom stereocenters. The monoisotopic (exact) mass is 164 g/mol. The lowest BCUT2D eigenvalue weighted by molar-refractivity contribution is 0.450. The molecule has 12 heavy (non-hydrogen) atoms. The van der Waals surface area contributed by atoms with E-state index >= 15 is 0 Å². The number of nitrogens with one attached hydrogen (secondary N) is 1. The van der Waals surface area contributed by atoms with Gasteiger partial charge in [0.2, 0.25) is 0 Å². The zero-order chi connectivity index (χ0) is 8.23. The molecule has 0 spiro atoms. The van der Waals surface area contributed by atoms with Gasteiger partial charge in [-0.3, -0.25) is 0 Å². The van der Waals surface area contributed by atoms with Crippen molar-refractivity contribution in [3.05, 3.63) is 18.2 Å². The van der Waals surface area contributed by atoms with Gasteiger partial charge in [-0.1, -0.05) is 0 Å². The van der Waals surface area contributed by atoms with Crippen molar-refractivity contribution < 1.29 is 0 Å². The summed E-state index contributed by atoms with van der Waals surface area (Å²) in [7, 11) is 0. The summed E-state index contributed by atoms with van der Waals surface area (Å²) in [6, 6.07) is 0. The van der Waals surface area contributed by atoms with Crippen LogP contribution in [0.4, 0.5) is 0 Å². The predicted molar refractivity (Wildman–Crippen MR) is 44.7 cm³/mol. The van der Waals surface area contributed by atoms with Crippen molar-refractivity contribution in [2.24, 2.45) is 0 Å². The molecule has 1 aromatic heterocycles. The number of hydrogen-bond donors (Lipinski definition) is 1. The predicted octanol–water partition coefficient (Wildman–Crippen LogP) is 0.339. The first kappa shape index (κ1) is 7.61. The Bertz CT molecular complexity index is 230. The molecule has 2 rings (SSSR count). The van der Waals surface area contributed by atoms with Crippen LogP contribution in [-0.4, -0.2) is 28.3 Å². The van der Waals surface area contributed by atoms with E-state index in [0.29, 0.717) is 5.92 Å². The van der Waals surface area contributed by atoms with Crippen LogP contribution in [-0.2, 0) is 0 Å². The molecule has 1 fully saturated rings. The Morgan fingerprint density at radius 2 is 2.50 bits per heavy atom. The molecule has 0 saturated carbocycles. The lowest BCUT2D eigenvalue weighted by Gasteiger charge is -2.20. The summed E-state index contributed by atoms with van der Waals surface area (Å²) in [5.74, 6) is 0.514. The van der Waals surface area contributed by atoms with Gasteiger partial charge in [0.1, 0.15) is 6.33 Å². The molecule has 0 bridgehead atoms. The molecule has 4 heteroatoms. The van der Waals surface area contributed by atoms with E-state index in [1.807, 2.05) is 6.20 Å². The van der Waals surface area contributed by atoms with E-state index in [0.717, 1.165) is 18.8 Å². The Morgan fingerprint density at radius 3 is 3.17 bits per heavy atom. The van der Waals surface area contributed by atoms with Gasteiger partial charge < -0.3 is 5.32 Å². The second-order valence-electron chi connectivity index (χ2n) is 3.08. The second kappa shape index (κ2) is 3.58. The van der Waals surface area contributed by atoms with E-state index in [1.54, 1.807) is 0 Å². The first-order chi connectivity index (χ1) is 5.97. The Hall–Kier alpha value is -1.03. The van der Waals surface area contributed by atoms with Gasteiger partial charge in [-0.15, -0.1) is 5.10 Å². The van der Waals surface area contributed by atoms with Crippen molar-refractivity contribution >= 4 is 0 Å². The highest BCUT2D eigenvalue weighted by atomic mass is 15.1. The minimum absolute atomic E-state index is 0.514. The smallest absolute Gasteiger partial charge is 0.138 e. The molecule has 1 aliphatic rings. The van der Waals surface area contributed by atoms with Gasteiger partial charge in [0.25, 0.3) is 0 Å². The van der Waals surface area contributed by atoms with Crippen LogP contribution in [0.15, 0.2) is 12.5 Å². The van der Waals surface area contributed by atoms with E-state index < -0.39 is 0 Å². The molecule has 4 nitrogen and oxygen atoms in total. The maximum absolute atomic E-state index is 4.05. The summed E-state index contributed by atoms with van der Waals surface area (Å²) >= 11 is 0. The summed E-state index contributed by atoms with van der Waals surface area (Å²) < 4.78 is 0. The van der Waals surface area contributed by atoms with Gasteiger partial charge in [-0.2, -0.15) is 5.10 Å². The molecule has 1 N–H and O–H groups in total. The number of rotatable bonds is 1. The largest absolute Gasteiger partial charge is 0.316 e. The van der Waals surface area contributed by atoms with Gasteiger partial charge in [0.15, 0.2) is 0 Å². The van der Waals surface area contributed by atoms with Crippen LogP contribution < -0.4 is 5.32 Å². The minimum Gasteiger partial charge on any atom is -0.316 e. The lowest BCUT2D eigenvalue weighted by Crippen LogP contribution is -2.29. The summed E-state index contributed by atoms with van der Waals surface area (Å²) in [5, 5.41) is 11.2. The summed E-state index contributed by atoms with van der Waals surface area (Å²) in [6.07, 6.45) is 5.71. The van der Waals surface area contributed by atoms with Crippen LogP contribution in [0.3, 0.4) is 0 Å². The number of aromatic nitrogens is 3. The number of hydrogen-bond acceptors (Lipinski definition) is 4. The molecule has 2 heterocycles. The maximum Gasteiger partial charge on any atom is 0.138 e. The second-order valence-corrected chi connectivity index (χ2v) is 3.08. The van der Waals surface area contributed by atoms with Crippen LogP contribution in [0.5, 0.6) is 0 Å². The highest BCUT2D eigenvalue weighted by Gasteiger charge is 2.16. The van der Waals surface area contributed by atoms with Crippen molar-refractivity contribution in [3.63, 3.8) is 0 Å². The molecule has 0 aliphatic carbocycles. The Morgan fingerprint density at radius 1 is 1.50 bits per heavy atom. The van der Waals surface area contributed by atoms with Gasteiger partial charge >= 0.3 is 0 Å². The third kappa shape index (κ3) is 1.58. The average molecular weight is 164 g/mol. The van der Waals surface area contributed by atoms with Gasteiger partial charge in [0, 0.05) is 12.5 Å². The van der Waals surface area contributed by atoms with Crippen LogP contribution in [0.2, 0.25) is 0 Å². The maximum atomic E-state index is 4.05. The zero-order valence-electron chi connectivity index (χ0n) is 6.90. The van der Waals surface area contributed by atoms with Gasteiger partial charge in [0.05, 0.1) is 11.9 Å². The fraction of sp³-hybridized carbons (Fsp3) is 0.625. The topological polar surface area (TPSA) is 50.7 Å². The SMILES string of the molecule is c1ncc(C2CCCNC2)nn1. The van der Waals surface area contributed by atoms with Gasteiger partial charge in [-0.25, -0.2) is 4.98 Å². The standard InChI is InChI=1S/C8H12N4/c1-2-7(4-9-3-1)8-5-10-6-11-12-8/h5-7,9H,1-4H2. The van der Waals surface area contributed by atoms with Crippen molar-refractivity contribution in [2.75, 3.05) is 13.1 Å². The Balaban J connectivity index is 2.08. The summed E-state index contributed by atoms with van der Waals surface area (Å²) in [4.78, 5) is 3.96. The minimum atomic E-state index is 0.514. The van der Waals surface area contributed by atoms with E-state index in [2.05, 4.69) is 20.5 Å². The van der Waals surface area contributed by atoms with Crippen LogP contribution >= 0.6 is 0 Å². The Labute approximate surface area is 71.4 Å². The molecule has 0 aromatic carbocycles. The summed E-state index contributed by atoms with van der Waals surface area (Å²) in [6.45, 7) is 2.14. The van der Waals surface area contributed by atoms with Crippen molar-refractivity contribution in [1.82, 2.24) is 20.5 Å². The molecule has 0 radical (unpaired) electrons. The van der Waals surface area contributed by atoms with Crippen LogP contribution in [0, 0.1) is 0 Å². The number of nitrogens with zero attached hydrogens (tertiary/aromatic N) is 3. The van der Waals surface area contributed by atoms with Crippen LogP contribution in [0.25, 0.3) is 0 Å². The zero-order valence-corrected chi connectivity index (χ0v) is 6.90. The van der Waals surface area contributed by atoms with E-state index in [-0.39, 0.29) is 0 Å². The fourth-order valence-electron chi connectivity index (χ4n) is 1.55. The lowest BCUT2D eigenvalue weighted by atomic mass is 9.97. The molecular weight excluding hydrogens is 152 g/mol. The molecule has 64 valence electrons. The van der Waals surface area contributed by atoms with Crippen molar-refractivity contribution in [1.29, 1.82) is 0 Å². The summed E-state index contributed by atoms with van der Waals surface area (Å²) in [5.41, 5.74) is 1.02. The number of piperidine rings is 1. The normalized spacial score (nSPS) is 23.8. The first-order valence-electron chi connectivity index (χ1n) is 4.30. The van der Waals surface area contributed by atoms with Crippen molar-refractivity contribution in [2.45, 2.75) is 18.8 Å². The van der Waals surface area contributed by atoms with Gasteiger partial charge in [-0.05, 0) is 19.4 Å². The molecule has 1 aromatic rings. The first-order valence-corrected chi connectivity index (χ1v) is 4.30. The molecule has 1 saturated heterocycles. The highest BCUT2D eigenvalue weighted by molar-refractivity contribution is 5.02. The molecule has 1 unspecified atom stereocenters. The van der Waals surface area contributed by atoms with E-state index in [9.17, 15) is 0 Å².